The van der Waals surface area contributed by atoms with E-state index in [0.29, 0.717) is 18.4 Å². The van der Waals surface area contributed by atoms with E-state index >= 15 is 0 Å². The normalized spacial score (nSPS) is 18.9. The van der Waals surface area contributed by atoms with Gasteiger partial charge < -0.3 is 15.0 Å². The lowest BCUT2D eigenvalue weighted by molar-refractivity contribution is -0.131. The zero-order chi connectivity index (χ0) is 15.2. The van der Waals surface area contributed by atoms with E-state index in [0.717, 1.165) is 37.4 Å². The summed E-state index contributed by atoms with van der Waals surface area (Å²) in [6.45, 7) is 6.97. The maximum Gasteiger partial charge on any atom is 0.227 e. The SMILES string of the molecule is COc1ccc(CC(=O)N2CCNC(CC(C)C)C2)cc1. The molecule has 4 nitrogen and oxygen atoms in total. The van der Waals surface area contributed by atoms with Crippen LogP contribution in [0.4, 0.5) is 0 Å². The molecule has 1 unspecified atom stereocenters. The Morgan fingerprint density at radius 3 is 2.71 bits per heavy atom. The lowest BCUT2D eigenvalue weighted by Crippen LogP contribution is -2.53. The van der Waals surface area contributed by atoms with Gasteiger partial charge in [0.05, 0.1) is 13.5 Å². The van der Waals surface area contributed by atoms with Crippen LogP contribution in [0.2, 0.25) is 0 Å². The van der Waals surface area contributed by atoms with Crippen LogP contribution in [0.3, 0.4) is 0 Å². The average Bonchev–Trinajstić information content (AvgIpc) is 2.47. The second-order valence-corrected chi connectivity index (χ2v) is 6.15. The van der Waals surface area contributed by atoms with E-state index in [1.54, 1.807) is 7.11 Å². The van der Waals surface area contributed by atoms with Crippen molar-refractivity contribution in [1.29, 1.82) is 0 Å². The fourth-order valence-electron chi connectivity index (χ4n) is 2.81. The molecule has 1 fully saturated rings. The van der Waals surface area contributed by atoms with Crippen LogP contribution in [-0.2, 0) is 11.2 Å². The third-order valence-electron chi connectivity index (χ3n) is 3.88. The summed E-state index contributed by atoms with van der Waals surface area (Å²) in [5, 5.41) is 3.50. The van der Waals surface area contributed by atoms with Gasteiger partial charge in [-0.15, -0.1) is 0 Å². The molecule has 1 atom stereocenters. The summed E-state index contributed by atoms with van der Waals surface area (Å²) in [4.78, 5) is 14.4. The third kappa shape index (κ3) is 4.74. The van der Waals surface area contributed by atoms with Crippen molar-refractivity contribution < 1.29 is 9.53 Å². The van der Waals surface area contributed by atoms with Gasteiger partial charge in [0.1, 0.15) is 5.75 Å². The van der Waals surface area contributed by atoms with Gasteiger partial charge in [0.25, 0.3) is 0 Å². The van der Waals surface area contributed by atoms with Gasteiger partial charge in [-0.1, -0.05) is 26.0 Å². The fourth-order valence-corrected chi connectivity index (χ4v) is 2.81. The van der Waals surface area contributed by atoms with Gasteiger partial charge in [-0.25, -0.2) is 0 Å². The molecule has 1 aliphatic heterocycles. The molecule has 0 radical (unpaired) electrons. The van der Waals surface area contributed by atoms with E-state index in [4.69, 9.17) is 4.74 Å². The number of methoxy groups -OCH3 is 1. The number of amides is 1. The smallest absolute Gasteiger partial charge is 0.227 e. The number of carbonyl (C=O) groups is 1. The van der Waals surface area contributed by atoms with Gasteiger partial charge in [-0.05, 0) is 30.0 Å². The molecule has 1 heterocycles. The summed E-state index contributed by atoms with van der Waals surface area (Å²) in [5.74, 6) is 1.69. The second kappa shape index (κ2) is 7.46. The predicted octanol–water partition coefficient (Wildman–Crippen LogP) is 2.08. The molecule has 1 aromatic carbocycles. The van der Waals surface area contributed by atoms with Crippen molar-refractivity contribution in [3.8, 4) is 5.75 Å². The number of piperazine rings is 1. The molecular weight excluding hydrogens is 264 g/mol. The number of hydrogen-bond donors (Lipinski definition) is 1. The van der Waals surface area contributed by atoms with Crippen LogP contribution in [0, 0.1) is 5.92 Å². The molecule has 0 bridgehead atoms. The largest absolute Gasteiger partial charge is 0.497 e. The van der Waals surface area contributed by atoms with Gasteiger partial charge in [-0.3, -0.25) is 4.79 Å². The quantitative estimate of drug-likeness (QED) is 0.903. The fraction of sp³-hybridized carbons (Fsp3) is 0.588. The minimum absolute atomic E-state index is 0.218. The average molecular weight is 290 g/mol. The molecule has 0 spiro atoms. The van der Waals surface area contributed by atoms with E-state index < -0.39 is 0 Å². The molecule has 0 aliphatic carbocycles. The first-order valence-corrected chi connectivity index (χ1v) is 7.72. The monoisotopic (exact) mass is 290 g/mol. The number of benzene rings is 1. The van der Waals surface area contributed by atoms with Gasteiger partial charge >= 0.3 is 0 Å². The van der Waals surface area contributed by atoms with Crippen molar-refractivity contribution in [1.82, 2.24) is 10.2 Å². The standard InChI is InChI=1S/C17H26N2O2/c1-13(2)10-15-12-19(9-8-18-15)17(20)11-14-4-6-16(21-3)7-5-14/h4-7,13,15,18H,8-12H2,1-3H3. The van der Waals surface area contributed by atoms with Crippen LogP contribution in [0.1, 0.15) is 25.8 Å². The minimum atomic E-state index is 0.218. The van der Waals surface area contributed by atoms with Crippen molar-refractivity contribution in [2.75, 3.05) is 26.7 Å². The van der Waals surface area contributed by atoms with Crippen LogP contribution in [0.25, 0.3) is 0 Å². The molecule has 21 heavy (non-hydrogen) atoms. The molecule has 1 aliphatic rings. The Balaban J connectivity index is 1.89. The van der Waals surface area contributed by atoms with Crippen molar-refractivity contribution in [2.45, 2.75) is 32.7 Å². The molecule has 0 saturated carbocycles. The number of nitrogens with one attached hydrogen (secondary N) is 1. The van der Waals surface area contributed by atoms with E-state index in [9.17, 15) is 4.79 Å². The lowest BCUT2D eigenvalue weighted by Gasteiger charge is -2.34. The Kier molecular flexibility index (Phi) is 5.62. The number of carbonyl (C=O) groups excluding carboxylic acids is 1. The molecule has 116 valence electrons. The van der Waals surface area contributed by atoms with Crippen molar-refractivity contribution in [2.24, 2.45) is 5.92 Å². The van der Waals surface area contributed by atoms with Crippen LogP contribution in [0.15, 0.2) is 24.3 Å². The van der Waals surface area contributed by atoms with Crippen molar-refractivity contribution in [3.05, 3.63) is 29.8 Å². The number of ether oxygens (including phenoxy) is 1. The van der Waals surface area contributed by atoms with Crippen molar-refractivity contribution >= 4 is 5.91 Å². The van der Waals surface area contributed by atoms with Crippen LogP contribution in [-0.4, -0.2) is 43.6 Å². The van der Waals surface area contributed by atoms with E-state index in [1.807, 2.05) is 29.2 Å². The van der Waals surface area contributed by atoms with Gasteiger partial charge in [-0.2, -0.15) is 0 Å². The first-order chi connectivity index (χ1) is 10.1. The van der Waals surface area contributed by atoms with Gasteiger partial charge in [0.15, 0.2) is 0 Å². The zero-order valence-electron chi connectivity index (χ0n) is 13.3. The topological polar surface area (TPSA) is 41.6 Å². The maximum absolute atomic E-state index is 12.4. The van der Waals surface area contributed by atoms with Crippen LogP contribution in [0.5, 0.6) is 5.75 Å². The molecule has 1 aromatic rings. The molecule has 1 amide bonds. The first-order valence-electron chi connectivity index (χ1n) is 7.72. The highest BCUT2D eigenvalue weighted by atomic mass is 16.5. The lowest BCUT2D eigenvalue weighted by atomic mass is 10.0. The molecule has 0 aromatic heterocycles. The second-order valence-electron chi connectivity index (χ2n) is 6.15. The highest BCUT2D eigenvalue weighted by Crippen LogP contribution is 2.14. The third-order valence-corrected chi connectivity index (χ3v) is 3.88. The Morgan fingerprint density at radius 1 is 1.38 bits per heavy atom. The number of rotatable bonds is 5. The summed E-state index contributed by atoms with van der Waals surface area (Å²) in [6, 6.07) is 8.16. The van der Waals surface area contributed by atoms with Crippen LogP contribution < -0.4 is 10.1 Å². The number of nitrogens with zero attached hydrogens (tertiary/aromatic N) is 1. The summed E-state index contributed by atoms with van der Waals surface area (Å²) >= 11 is 0. The highest BCUT2D eigenvalue weighted by molar-refractivity contribution is 5.79. The number of hydrogen-bond acceptors (Lipinski definition) is 3. The van der Waals surface area contributed by atoms with Crippen LogP contribution >= 0.6 is 0 Å². The highest BCUT2D eigenvalue weighted by Gasteiger charge is 2.23. The van der Waals surface area contributed by atoms with E-state index in [2.05, 4.69) is 19.2 Å². The molecule has 1 N–H and O–H groups in total. The summed E-state index contributed by atoms with van der Waals surface area (Å²) in [5.41, 5.74) is 1.04. The Labute approximate surface area is 127 Å². The van der Waals surface area contributed by atoms with Crippen molar-refractivity contribution in [3.63, 3.8) is 0 Å². The van der Waals surface area contributed by atoms with E-state index in [1.165, 1.54) is 0 Å². The molecule has 4 heteroatoms. The summed E-state index contributed by atoms with van der Waals surface area (Å²) < 4.78 is 5.14. The first kappa shape index (κ1) is 15.8. The molecule has 1 saturated heterocycles. The zero-order valence-corrected chi connectivity index (χ0v) is 13.3. The van der Waals surface area contributed by atoms with E-state index in [-0.39, 0.29) is 5.91 Å². The van der Waals surface area contributed by atoms with Gasteiger partial charge in [0.2, 0.25) is 5.91 Å². The maximum atomic E-state index is 12.4. The Hall–Kier alpha value is -1.55. The summed E-state index contributed by atoms with van der Waals surface area (Å²) in [7, 11) is 1.65. The predicted molar refractivity (Wildman–Crippen MR) is 84.5 cm³/mol. The minimum Gasteiger partial charge on any atom is -0.497 e. The summed E-state index contributed by atoms with van der Waals surface area (Å²) in [6.07, 6.45) is 1.59. The Bertz CT molecular complexity index is 456. The Morgan fingerprint density at radius 2 is 2.10 bits per heavy atom. The van der Waals surface area contributed by atoms with Gasteiger partial charge in [0, 0.05) is 25.7 Å². The molecular formula is C17H26N2O2. The molecule has 2 rings (SSSR count).